The minimum atomic E-state index is -0.930. The van der Waals surface area contributed by atoms with E-state index in [1.165, 1.54) is 24.5 Å². The smallest absolute Gasteiger partial charge is 0.319 e. The number of benzene rings is 1. The summed E-state index contributed by atoms with van der Waals surface area (Å²) < 4.78 is 65.9. The molecule has 1 N–H and O–H groups in total. The third-order valence-electron chi connectivity index (χ3n) is 8.46. The summed E-state index contributed by atoms with van der Waals surface area (Å²) in [4.78, 5) is 17.2. The summed E-state index contributed by atoms with van der Waals surface area (Å²) in [6.07, 6.45) is 6.06. The highest BCUT2D eigenvalue weighted by Gasteiger charge is 2.49. The van der Waals surface area contributed by atoms with Crippen LogP contribution in [0.5, 0.6) is 6.01 Å². The minimum Gasteiger partial charge on any atom is -0.461 e. The van der Waals surface area contributed by atoms with Crippen LogP contribution in [0.2, 0.25) is 0 Å². The van der Waals surface area contributed by atoms with Crippen molar-refractivity contribution in [1.29, 1.82) is 0 Å². The van der Waals surface area contributed by atoms with Gasteiger partial charge in [-0.2, -0.15) is 15.1 Å². The van der Waals surface area contributed by atoms with Crippen LogP contribution in [-0.4, -0.2) is 74.5 Å². The predicted octanol–water partition coefficient (Wildman–Crippen LogP) is 5.17. The van der Waals surface area contributed by atoms with Gasteiger partial charge in [-0.3, -0.25) is 15.0 Å². The average molecular weight is 554 g/mol. The number of nitrogens with zero attached hydrogens (tertiary/aromatic N) is 6. The van der Waals surface area contributed by atoms with Gasteiger partial charge in [-0.25, -0.2) is 17.6 Å². The number of rotatable bonds is 5. The van der Waals surface area contributed by atoms with E-state index in [-0.39, 0.29) is 52.7 Å². The molecule has 0 aliphatic carbocycles. The topological polar surface area (TPSA) is 83.1 Å². The fourth-order valence-electron chi connectivity index (χ4n) is 6.50. The molecule has 0 amide bonds. The Morgan fingerprint density at radius 3 is 2.88 bits per heavy atom. The lowest BCUT2D eigenvalue weighted by Crippen LogP contribution is -2.43. The van der Waals surface area contributed by atoms with Gasteiger partial charge >= 0.3 is 6.01 Å². The number of nitrogens with one attached hydrogen (secondary N) is 1. The van der Waals surface area contributed by atoms with Crippen LogP contribution in [0, 0.1) is 18.6 Å². The summed E-state index contributed by atoms with van der Waals surface area (Å²) in [5.41, 5.74) is 0.272. The number of aromatic nitrogens is 5. The first kappa shape index (κ1) is 25.2. The van der Waals surface area contributed by atoms with E-state index < -0.39 is 23.3 Å². The Morgan fingerprint density at radius 1 is 1.15 bits per heavy atom. The van der Waals surface area contributed by atoms with Crippen LogP contribution in [0.3, 0.4) is 0 Å². The van der Waals surface area contributed by atoms with Gasteiger partial charge in [0, 0.05) is 36.7 Å². The fourth-order valence-corrected chi connectivity index (χ4v) is 6.50. The second-order valence-corrected chi connectivity index (χ2v) is 10.9. The van der Waals surface area contributed by atoms with E-state index in [2.05, 4.69) is 30.0 Å². The summed E-state index contributed by atoms with van der Waals surface area (Å²) in [6, 6.07) is 1.23. The number of hydrogen-bond donors (Lipinski definition) is 1. The van der Waals surface area contributed by atoms with Crippen molar-refractivity contribution in [3.63, 3.8) is 0 Å². The van der Waals surface area contributed by atoms with Gasteiger partial charge in [0.25, 0.3) is 0 Å². The first-order valence-electron chi connectivity index (χ1n) is 13.4. The number of alkyl halides is 1. The van der Waals surface area contributed by atoms with E-state index in [4.69, 9.17) is 4.74 Å². The van der Waals surface area contributed by atoms with Gasteiger partial charge < -0.3 is 9.64 Å². The van der Waals surface area contributed by atoms with Gasteiger partial charge in [-0.05, 0) is 50.4 Å². The van der Waals surface area contributed by atoms with E-state index in [0.717, 1.165) is 19.4 Å². The first-order chi connectivity index (χ1) is 19.3. The van der Waals surface area contributed by atoms with Crippen LogP contribution in [0.25, 0.3) is 33.1 Å². The summed E-state index contributed by atoms with van der Waals surface area (Å²) in [5, 5.41) is 7.50. The van der Waals surface area contributed by atoms with Gasteiger partial charge in [-0.1, -0.05) is 0 Å². The van der Waals surface area contributed by atoms with Crippen molar-refractivity contribution in [2.24, 2.45) is 0 Å². The maximum atomic E-state index is 16.4. The molecule has 4 aromatic rings. The lowest BCUT2D eigenvalue weighted by atomic mass is 9.95. The van der Waals surface area contributed by atoms with Crippen molar-refractivity contribution in [3.8, 4) is 17.3 Å². The summed E-state index contributed by atoms with van der Waals surface area (Å²) in [6.45, 7) is 3.30. The number of hydrogen-bond acceptors (Lipinski definition) is 7. The normalized spacial score (nSPS) is 23.3. The first-order valence-corrected chi connectivity index (χ1v) is 13.4. The molecule has 3 aromatic heterocycles. The summed E-state index contributed by atoms with van der Waals surface area (Å²) >= 11 is 0. The van der Waals surface area contributed by atoms with Gasteiger partial charge in [0.2, 0.25) is 0 Å². The molecule has 2 atom stereocenters. The Labute approximate surface area is 227 Å². The summed E-state index contributed by atoms with van der Waals surface area (Å²) in [5.74, 6) is -1.33. The largest absolute Gasteiger partial charge is 0.461 e. The number of anilines is 1. The molecule has 6 heterocycles. The van der Waals surface area contributed by atoms with Gasteiger partial charge in [0.1, 0.15) is 41.5 Å². The zero-order valence-electron chi connectivity index (χ0n) is 21.9. The maximum absolute atomic E-state index is 16.4. The molecule has 12 heteroatoms. The number of aromatic amines is 1. The van der Waals surface area contributed by atoms with Crippen molar-refractivity contribution in [2.75, 3.05) is 37.7 Å². The van der Waals surface area contributed by atoms with Crippen LogP contribution in [0.4, 0.5) is 23.4 Å². The molecule has 2 unspecified atom stereocenters. The quantitative estimate of drug-likeness (QED) is 0.342. The number of H-pyrrole nitrogens is 1. The number of halogens is 4. The average Bonchev–Trinajstić information content (AvgIpc) is 3.63. The second-order valence-electron chi connectivity index (χ2n) is 10.9. The molecule has 0 saturated carbocycles. The van der Waals surface area contributed by atoms with E-state index >= 15 is 4.39 Å². The van der Waals surface area contributed by atoms with E-state index in [0.29, 0.717) is 42.7 Å². The van der Waals surface area contributed by atoms with Crippen molar-refractivity contribution < 1.29 is 22.3 Å². The van der Waals surface area contributed by atoms with Gasteiger partial charge in [-0.15, -0.1) is 0 Å². The molecule has 0 bridgehead atoms. The van der Waals surface area contributed by atoms with Gasteiger partial charge in [0.15, 0.2) is 5.82 Å². The number of fused-ring (bicyclic) bond motifs is 3. The molecular formula is C28H27F4N7O. The highest BCUT2D eigenvalue weighted by Crippen LogP contribution is 2.41. The van der Waals surface area contributed by atoms with E-state index in [1.807, 2.05) is 0 Å². The Balaban J connectivity index is 1.36. The van der Waals surface area contributed by atoms with Crippen LogP contribution in [0.1, 0.15) is 31.2 Å². The number of ether oxygens (including phenoxy) is 1. The van der Waals surface area contributed by atoms with Gasteiger partial charge in [0.05, 0.1) is 29.2 Å². The molecule has 3 aliphatic rings. The van der Waals surface area contributed by atoms with Crippen molar-refractivity contribution in [2.45, 2.75) is 44.3 Å². The monoisotopic (exact) mass is 553 g/mol. The van der Waals surface area contributed by atoms with Crippen LogP contribution in [-0.2, 0) is 0 Å². The van der Waals surface area contributed by atoms with Crippen LogP contribution < -0.4 is 9.64 Å². The fraction of sp³-hybridized carbons (Fsp3) is 0.429. The van der Waals surface area contributed by atoms with Crippen LogP contribution in [0.15, 0.2) is 30.4 Å². The van der Waals surface area contributed by atoms with E-state index in [1.54, 1.807) is 11.8 Å². The molecule has 3 aliphatic heterocycles. The zero-order chi connectivity index (χ0) is 27.6. The Hall–Kier alpha value is -3.80. The molecule has 7 rings (SSSR count). The highest BCUT2D eigenvalue weighted by atomic mass is 19.1. The molecule has 0 radical (unpaired) electrons. The lowest BCUT2D eigenvalue weighted by molar-refractivity contribution is 0.107. The molecule has 8 nitrogen and oxygen atoms in total. The van der Waals surface area contributed by atoms with Crippen molar-refractivity contribution in [3.05, 3.63) is 47.6 Å². The standard InChI is InChI=1S/C28H27F4N7O/c1-15-20(31)8-21-18(11-34-37-21)22(15)25-23(32)24-19(10-33-25)26(38-6-2-4-16(29)12-38)36-27(35-24)40-14-28-5-3-7-39(28)13-17(30)9-28/h4,8,10-11,17H,2-3,5-7,9,12-14H2,1H3,(H,34,37). The third kappa shape index (κ3) is 3.99. The molecule has 1 aromatic carbocycles. The van der Waals surface area contributed by atoms with Crippen molar-refractivity contribution in [1.82, 2.24) is 30.0 Å². The zero-order valence-corrected chi connectivity index (χ0v) is 21.9. The van der Waals surface area contributed by atoms with Crippen LogP contribution >= 0.6 is 0 Å². The second kappa shape index (κ2) is 9.39. The van der Waals surface area contributed by atoms with Crippen molar-refractivity contribution >= 4 is 27.6 Å². The predicted molar refractivity (Wildman–Crippen MR) is 142 cm³/mol. The summed E-state index contributed by atoms with van der Waals surface area (Å²) in [7, 11) is 0. The third-order valence-corrected chi connectivity index (χ3v) is 8.46. The molecular weight excluding hydrogens is 526 g/mol. The molecule has 0 spiro atoms. The SMILES string of the molecule is Cc1c(F)cc2[nH]ncc2c1-c1ncc2c(N3CCC=C(F)C3)nc(OCC34CCCN3CC(F)C4)nc2c1F. The molecule has 2 fully saturated rings. The van der Waals surface area contributed by atoms with E-state index in [9.17, 15) is 13.2 Å². The lowest BCUT2D eigenvalue weighted by Gasteiger charge is -2.31. The number of pyridine rings is 1. The minimum absolute atomic E-state index is 0.0329. The molecule has 40 heavy (non-hydrogen) atoms. The Morgan fingerprint density at radius 2 is 2.02 bits per heavy atom. The maximum Gasteiger partial charge on any atom is 0.319 e. The molecule has 208 valence electrons. The Bertz CT molecular complexity index is 1670. The Kier molecular flexibility index (Phi) is 5.92. The molecule has 2 saturated heterocycles. The highest BCUT2D eigenvalue weighted by molar-refractivity contribution is 5.99.